The molecule has 0 spiro atoms. The predicted molar refractivity (Wildman–Crippen MR) is 141 cm³/mol. The molecule has 0 aromatic carbocycles. The first-order chi connectivity index (χ1) is 14.7. The zero-order valence-electron chi connectivity index (χ0n) is 20.5. The van der Waals surface area contributed by atoms with Crippen molar-refractivity contribution in [2.24, 2.45) is 10.9 Å². The molecule has 1 rings (SSSR count). The van der Waals surface area contributed by atoms with E-state index >= 15 is 0 Å². The Kier molecular flexibility index (Phi) is 16.1. The molecule has 32 heavy (non-hydrogen) atoms. The Morgan fingerprint density at radius 2 is 1.91 bits per heavy atom. The summed E-state index contributed by atoms with van der Waals surface area (Å²) in [7, 11) is 1.75. The van der Waals surface area contributed by atoms with Gasteiger partial charge in [0.15, 0.2) is 5.96 Å². The molecule has 1 heterocycles. The molecule has 1 amide bonds. The maximum atomic E-state index is 12.6. The first-order valence-corrected chi connectivity index (χ1v) is 11.1. The lowest BCUT2D eigenvalue weighted by molar-refractivity contribution is 0.0232. The summed E-state index contributed by atoms with van der Waals surface area (Å²) in [5.74, 6) is 1.31. The van der Waals surface area contributed by atoms with Gasteiger partial charge in [-0.05, 0) is 51.2 Å². The number of nitrogens with one attached hydrogen (secondary N) is 2. The van der Waals surface area contributed by atoms with Crippen LogP contribution in [0.4, 0.5) is 4.79 Å². The minimum atomic E-state index is -0.534. The number of guanidine groups is 1. The second-order valence-electron chi connectivity index (χ2n) is 8.86. The molecule has 0 saturated carbocycles. The second-order valence-corrected chi connectivity index (χ2v) is 8.86. The number of halogens is 1. The van der Waals surface area contributed by atoms with E-state index in [-0.39, 0.29) is 30.1 Å². The molecule has 0 atom stereocenters. The van der Waals surface area contributed by atoms with E-state index in [9.17, 15) is 4.79 Å². The summed E-state index contributed by atoms with van der Waals surface area (Å²) < 4.78 is 11.2. The van der Waals surface area contributed by atoms with Crippen molar-refractivity contribution in [3.8, 4) is 0 Å². The van der Waals surface area contributed by atoms with E-state index < -0.39 is 5.60 Å². The van der Waals surface area contributed by atoms with E-state index in [0.29, 0.717) is 25.6 Å². The van der Waals surface area contributed by atoms with Crippen LogP contribution in [0.15, 0.2) is 29.5 Å². The first-order valence-electron chi connectivity index (χ1n) is 11.1. The van der Waals surface area contributed by atoms with Crippen LogP contribution in [0.3, 0.4) is 0 Å². The average molecular weight is 564 g/mol. The average Bonchev–Trinajstić information content (AvgIpc) is 2.70. The predicted octanol–water partition coefficient (Wildman–Crippen LogP) is 4.05. The van der Waals surface area contributed by atoms with Crippen LogP contribution in [-0.4, -0.2) is 67.4 Å². The monoisotopic (exact) mass is 563 g/mol. The molecule has 0 fully saturated rings. The van der Waals surface area contributed by atoms with Crippen molar-refractivity contribution in [1.82, 2.24) is 20.5 Å². The van der Waals surface area contributed by atoms with Gasteiger partial charge >= 0.3 is 6.09 Å². The normalized spacial score (nSPS) is 11.7. The second kappa shape index (κ2) is 16.9. The van der Waals surface area contributed by atoms with Gasteiger partial charge < -0.3 is 25.0 Å². The number of amides is 1. The van der Waals surface area contributed by atoms with E-state index in [1.807, 2.05) is 32.9 Å². The number of hydrogen-bond acceptors (Lipinski definition) is 5. The van der Waals surface area contributed by atoms with E-state index in [0.717, 1.165) is 44.1 Å². The molecule has 0 saturated heterocycles. The smallest absolute Gasteiger partial charge is 0.410 e. The minimum absolute atomic E-state index is 0. The number of ether oxygens (including phenoxy) is 2. The van der Waals surface area contributed by atoms with Crippen LogP contribution >= 0.6 is 24.0 Å². The molecule has 184 valence electrons. The first kappa shape index (κ1) is 30.4. The summed E-state index contributed by atoms with van der Waals surface area (Å²) in [6.45, 7) is 14.0. The fourth-order valence-corrected chi connectivity index (χ4v) is 2.67. The topological polar surface area (TPSA) is 88.1 Å². The highest BCUT2D eigenvalue weighted by Crippen LogP contribution is 2.12. The third-order valence-electron chi connectivity index (χ3n) is 4.08. The zero-order valence-corrected chi connectivity index (χ0v) is 22.8. The minimum Gasteiger partial charge on any atom is -0.444 e. The third-order valence-corrected chi connectivity index (χ3v) is 4.08. The number of hydrogen-bond donors (Lipinski definition) is 2. The summed E-state index contributed by atoms with van der Waals surface area (Å²) in [6.07, 6.45) is 4.86. The number of carbonyl (C=O) groups excluding carboxylic acids is 1. The summed E-state index contributed by atoms with van der Waals surface area (Å²) in [5.41, 5.74) is 0.436. The third kappa shape index (κ3) is 15.2. The van der Waals surface area contributed by atoms with Crippen molar-refractivity contribution < 1.29 is 14.3 Å². The van der Waals surface area contributed by atoms with Gasteiger partial charge in [0.25, 0.3) is 0 Å². The van der Waals surface area contributed by atoms with E-state index in [1.54, 1.807) is 24.3 Å². The number of rotatable bonds is 12. The van der Waals surface area contributed by atoms with Gasteiger partial charge in [-0.15, -0.1) is 24.0 Å². The Labute approximate surface area is 211 Å². The van der Waals surface area contributed by atoms with Gasteiger partial charge in [-0.3, -0.25) is 9.98 Å². The van der Waals surface area contributed by atoms with Gasteiger partial charge in [0, 0.05) is 52.3 Å². The Bertz CT molecular complexity index is 651. The molecule has 0 unspecified atom stereocenters. The molecule has 1 aromatic rings. The van der Waals surface area contributed by atoms with Crippen molar-refractivity contribution in [3.63, 3.8) is 0 Å². The van der Waals surface area contributed by atoms with Crippen molar-refractivity contribution >= 4 is 36.0 Å². The quantitative estimate of drug-likeness (QED) is 0.173. The Morgan fingerprint density at radius 1 is 1.22 bits per heavy atom. The largest absolute Gasteiger partial charge is 0.444 e. The van der Waals surface area contributed by atoms with Gasteiger partial charge in [-0.1, -0.05) is 19.9 Å². The van der Waals surface area contributed by atoms with Crippen LogP contribution in [0.2, 0.25) is 0 Å². The summed E-state index contributed by atoms with van der Waals surface area (Å²) in [6, 6.07) is 3.83. The molecule has 0 radical (unpaired) electrons. The van der Waals surface area contributed by atoms with Crippen molar-refractivity contribution in [1.29, 1.82) is 0 Å². The van der Waals surface area contributed by atoms with Crippen molar-refractivity contribution in [3.05, 3.63) is 30.1 Å². The summed E-state index contributed by atoms with van der Waals surface area (Å²) in [5, 5.41) is 6.58. The lowest BCUT2D eigenvalue weighted by Gasteiger charge is -2.27. The van der Waals surface area contributed by atoms with Crippen LogP contribution < -0.4 is 10.6 Å². The number of pyridine rings is 1. The highest BCUT2D eigenvalue weighted by atomic mass is 127. The number of nitrogens with zero attached hydrogens (tertiary/aromatic N) is 3. The maximum Gasteiger partial charge on any atom is 0.410 e. The van der Waals surface area contributed by atoms with Crippen LogP contribution in [0.5, 0.6) is 0 Å². The molecule has 0 aliphatic rings. The lowest BCUT2D eigenvalue weighted by atomic mass is 10.2. The Balaban J connectivity index is 0.00000961. The van der Waals surface area contributed by atoms with Gasteiger partial charge in [-0.25, -0.2) is 4.79 Å². The molecule has 9 heteroatoms. The Hall–Kier alpha value is -1.62. The van der Waals surface area contributed by atoms with Crippen LogP contribution in [0.25, 0.3) is 0 Å². The lowest BCUT2D eigenvalue weighted by Crippen LogP contribution is -2.41. The zero-order chi connectivity index (χ0) is 23.1. The van der Waals surface area contributed by atoms with E-state index in [4.69, 9.17) is 9.47 Å². The summed E-state index contributed by atoms with van der Waals surface area (Å²) >= 11 is 0. The van der Waals surface area contributed by atoms with Crippen molar-refractivity contribution in [2.75, 3.05) is 39.9 Å². The fraction of sp³-hybridized carbons (Fsp3) is 0.696. The molecule has 0 bridgehead atoms. The molecule has 1 aromatic heterocycles. The molecular weight excluding hydrogens is 521 g/mol. The van der Waals surface area contributed by atoms with Crippen molar-refractivity contribution in [2.45, 2.75) is 59.6 Å². The van der Waals surface area contributed by atoms with Gasteiger partial charge in [0.1, 0.15) is 5.60 Å². The van der Waals surface area contributed by atoms with Gasteiger partial charge in [0.05, 0.1) is 6.54 Å². The van der Waals surface area contributed by atoms with Gasteiger partial charge in [-0.2, -0.15) is 0 Å². The molecule has 0 aliphatic heterocycles. The van der Waals surface area contributed by atoms with E-state index in [2.05, 4.69) is 34.5 Å². The maximum absolute atomic E-state index is 12.6. The Morgan fingerprint density at radius 3 is 2.47 bits per heavy atom. The fourth-order valence-electron chi connectivity index (χ4n) is 2.67. The molecule has 8 nitrogen and oxygen atoms in total. The SMILES string of the molecule is CN=C(NCCCOCC(C)C)NCCCN(Cc1cccnc1)C(=O)OC(C)(C)C.I. The highest BCUT2D eigenvalue weighted by molar-refractivity contribution is 14.0. The van der Waals surface area contributed by atoms with Gasteiger partial charge in [0.2, 0.25) is 0 Å². The van der Waals surface area contributed by atoms with E-state index in [1.165, 1.54) is 0 Å². The molecule has 0 aliphatic carbocycles. The molecular formula is C23H42IN5O3. The van der Waals surface area contributed by atoms with Crippen LogP contribution in [-0.2, 0) is 16.0 Å². The van der Waals surface area contributed by atoms with Crippen LogP contribution in [0.1, 0.15) is 53.0 Å². The number of aromatic nitrogens is 1. The molecule has 2 N–H and O–H groups in total. The van der Waals surface area contributed by atoms with Crippen LogP contribution in [0, 0.1) is 5.92 Å². The standard InChI is InChI=1S/C23H41N5O3.HI/c1-19(2)18-30-15-9-13-27-21(24-6)26-12-8-14-28(22(29)31-23(3,4)5)17-20-10-7-11-25-16-20;/h7,10-11,16,19H,8-9,12-15,17-18H2,1-6H3,(H2,24,26,27);1H. The number of aliphatic imine (C=N–C) groups is 1. The highest BCUT2D eigenvalue weighted by Gasteiger charge is 2.22. The summed E-state index contributed by atoms with van der Waals surface area (Å²) in [4.78, 5) is 22.7. The number of carbonyl (C=O) groups is 1.